The van der Waals surface area contributed by atoms with Crippen molar-refractivity contribution in [3.63, 3.8) is 0 Å². The molecule has 21 heavy (non-hydrogen) atoms. The summed E-state index contributed by atoms with van der Waals surface area (Å²) < 4.78 is 5.13. The van der Waals surface area contributed by atoms with Crippen LogP contribution in [0.25, 0.3) is 0 Å². The van der Waals surface area contributed by atoms with Gasteiger partial charge in [-0.25, -0.2) is 4.79 Å². The van der Waals surface area contributed by atoms with Gasteiger partial charge in [0.05, 0.1) is 12.5 Å². The molecule has 0 heterocycles. The van der Waals surface area contributed by atoms with E-state index in [1.807, 2.05) is 24.3 Å². The van der Waals surface area contributed by atoms with Crippen LogP contribution in [0.1, 0.15) is 19.4 Å². The van der Waals surface area contributed by atoms with Crippen LogP contribution in [0.3, 0.4) is 0 Å². The van der Waals surface area contributed by atoms with Crippen molar-refractivity contribution < 1.29 is 19.4 Å². The third kappa shape index (κ3) is 5.72. The first-order chi connectivity index (χ1) is 9.85. The maximum Gasteiger partial charge on any atom is 0.314 e. The first-order valence-electron chi connectivity index (χ1n) is 6.73. The second-order valence-electron chi connectivity index (χ2n) is 5.40. The van der Waals surface area contributed by atoms with Gasteiger partial charge < -0.3 is 20.5 Å². The van der Waals surface area contributed by atoms with Gasteiger partial charge in [-0.05, 0) is 38.0 Å². The maximum absolute atomic E-state index is 11.6. The van der Waals surface area contributed by atoms with Gasteiger partial charge in [0.15, 0.2) is 0 Å². The van der Waals surface area contributed by atoms with E-state index >= 15 is 0 Å². The summed E-state index contributed by atoms with van der Waals surface area (Å²) >= 11 is 0. The minimum Gasteiger partial charge on any atom is -0.497 e. The van der Waals surface area contributed by atoms with Crippen LogP contribution in [0.2, 0.25) is 0 Å². The molecule has 0 bridgehead atoms. The zero-order valence-corrected chi connectivity index (χ0v) is 12.6. The smallest absolute Gasteiger partial charge is 0.314 e. The number of carboxylic acid groups (broad SMARTS) is 1. The average Bonchev–Trinajstić information content (AvgIpc) is 2.45. The Morgan fingerprint density at radius 2 is 2.00 bits per heavy atom. The third-order valence-corrected chi connectivity index (χ3v) is 3.10. The molecule has 0 aliphatic carbocycles. The molecule has 0 spiro atoms. The van der Waals surface area contributed by atoms with E-state index in [9.17, 15) is 9.59 Å². The van der Waals surface area contributed by atoms with Crippen LogP contribution in [0.4, 0.5) is 4.79 Å². The van der Waals surface area contributed by atoms with Gasteiger partial charge in [-0.1, -0.05) is 12.1 Å². The fourth-order valence-corrected chi connectivity index (χ4v) is 1.59. The van der Waals surface area contributed by atoms with Crippen molar-refractivity contribution in [3.8, 4) is 5.75 Å². The SMILES string of the molecule is COc1cccc(CCNC(=O)NCC(C)(C)C(=O)O)c1. The van der Waals surface area contributed by atoms with E-state index in [4.69, 9.17) is 9.84 Å². The number of benzene rings is 1. The first kappa shape index (κ1) is 16.8. The Morgan fingerprint density at radius 3 is 2.62 bits per heavy atom. The van der Waals surface area contributed by atoms with Crippen LogP contribution < -0.4 is 15.4 Å². The Bertz CT molecular complexity index is 500. The number of amides is 2. The minimum atomic E-state index is -0.982. The van der Waals surface area contributed by atoms with Gasteiger partial charge in [0.2, 0.25) is 0 Å². The molecule has 3 N–H and O–H groups in total. The highest BCUT2D eigenvalue weighted by atomic mass is 16.5. The molecule has 1 rings (SSSR count). The molecule has 116 valence electrons. The quantitative estimate of drug-likeness (QED) is 0.713. The molecule has 0 aliphatic heterocycles. The second-order valence-corrected chi connectivity index (χ2v) is 5.40. The number of ether oxygens (including phenoxy) is 1. The lowest BCUT2D eigenvalue weighted by atomic mass is 9.94. The van der Waals surface area contributed by atoms with Crippen molar-refractivity contribution in [1.29, 1.82) is 0 Å². The molecule has 0 radical (unpaired) electrons. The van der Waals surface area contributed by atoms with Gasteiger partial charge in [0, 0.05) is 13.1 Å². The average molecular weight is 294 g/mol. The summed E-state index contributed by atoms with van der Waals surface area (Å²) in [6.45, 7) is 3.66. The van der Waals surface area contributed by atoms with Crippen molar-refractivity contribution in [2.24, 2.45) is 5.41 Å². The van der Waals surface area contributed by atoms with E-state index in [1.54, 1.807) is 21.0 Å². The number of methoxy groups -OCH3 is 1. The predicted octanol–water partition coefficient (Wildman–Crippen LogP) is 1.65. The van der Waals surface area contributed by atoms with E-state index in [-0.39, 0.29) is 12.6 Å². The molecular formula is C15H22N2O4. The summed E-state index contributed by atoms with van der Waals surface area (Å²) in [6.07, 6.45) is 0.674. The van der Waals surface area contributed by atoms with E-state index in [2.05, 4.69) is 10.6 Å². The molecule has 6 heteroatoms. The molecule has 0 fully saturated rings. The molecule has 0 saturated heterocycles. The number of aliphatic carboxylic acids is 1. The lowest BCUT2D eigenvalue weighted by molar-refractivity contribution is -0.146. The normalized spacial score (nSPS) is 10.8. The predicted molar refractivity (Wildman–Crippen MR) is 79.5 cm³/mol. The largest absolute Gasteiger partial charge is 0.497 e. The van der Waals surface area contributed by atoms with E-state index in [0.29, 0.717) is 13.0 Å². The molecule has 0 atom stereocenters. The van der Waals surface area contributed by atoms with Crippen molar-refractivity contribution in [2.75, 3.05) is 20.2 Å². The topological polar surface area (TPSA) is 87.7 Å². The summed E-state index contributed by atoms with van der Waals surface area (Å²) in [5.74, 6) is -0.167. The molecule has 0 saturated carbocycles. The molecule has 6 nitrogen and oxygen atoms in total. The van der Waals surface area contributed by atoms with Gasteiger partial charge >= 0.3 is 12.0 Å². The highest BCUT2D eigenvalue weighted by Crippen LogP contribution is 2.13. The number of hydrogen-bond donors (Lipinski definition) is 3. The molecule has 1 aromatic carbocycles. The van der Waals surface area contributed by atoms with Crippen LogP contribution in [-0.2, 0) is 11.2 Å². The molecule has 1 aromatic rings. The number of nitrogens with one attached hydrogen (secondary N) is 2. The maximum atomic E-state index is 11.6. The summed E-state index contributed by atoms with van der Waals surface area (Å²) in [5, 5.41) is 14.2. The molecular weight excluding hydrogens is 272 g/mol. The van der Waals surface area contributed by atoms with Crippen LogP contribution in [0.5, 0.6) is 5.75 Å². The number of rotatable bonds is 7. The van der Waals surface area contributed by atoms with Crippen LogP contribution in [-0.4, -0.2) is 37.3 Å². The highest BCUT2D eigenvalue weighted by molar-refractivity contribution is 5.77. The minimum absolute atomic E-state index is 0.0767. The molecule has 2 amide bonds. The van der Waals surface area contributed by atoms with Crippen molar-refractivity contribution in [2.45, 2.75) is 20.3 Å². The first-order valence-corrected chi connectivity index (χ1v) is 6.73. The Balaban J connectivity index is 2.32. The fourth-order valence-electron chi connectivity index (χ4n) is 1.59. The van der Waals surface area contributed by atoms with Gasteiger partial charge in [-0.15, -0.1) is 0 Å². The zero-order chi connectivity index (χ0) is 15.9. The van der Waals surface area contributed by atoms with Crippen molar-refractivity contribution >= 4 is 12.0 Å². The van der Waals surface area contributed by atoms with Gasteiger partial charge in [-0.2, -0.15) is 0 Å². The van der Waals surface area contributed by atoms with Gasteiger partial charge in [0.1, 0.15) is 5.75 Å². The van der Waals surface area contributed by atoms with Gasteiger partial charge in [0.25, 0.3) is 0 Å². The molecule has 0 aliphatic rings. The number of carbonyl (C=O) groups excluding carboxylic acids is 1. The standard InChI is InChI=1S/C15H22N2O4/c1-15(2,13(18)19)10-17-14(20)16-8-7-11-5-4-6-12(9-11)21-3/h4-6,9H,7-8,10H2,1-3H3,(H,18,19)(H2,16,17,20). The Labute approximate surface area is 124 Å². The lowest BCUT2D eigenvalue weighted by Gasteiger charge is -2.19. The number of hydrogen-bond acceptors (Lipinski definition) is 3. The third-order valence-electron chi connectivity index (χ3n) is 3.10. The monoisotopic (exact) mass is 294 g/mol. The van der Waals surface area contributed by atoms with Crippen LogP contribution in [0, 0.1) is 5.41 Å². The fraction of sp³-hybridized carbons (Fsp3) is 0.467. The summed E-state index contributed by atoms with van der Waals surface area (Å²) in [7, 11) is 1.61. The summed E-state index contributed by atoms with van der Waals surface area (Å²) in [6, 6.07) is 7.25. The number of carboxylic acids is 1. The van der Waals surface area contributed by atoms with Crippen molar-refractivity contribution in [1.82, 2.24) is 10.6 Å². The van der Waals surface area contributed by atoms with Gasteiger partial charge in [-0.3, -0.25) is 4.79 Å². The Kier molecular flexibility index (Phi) is 6.02. The van der Waals surface area contributed by atoms with Crippen LogP contribution >= 0.6 is 0 Å². The van der Waals surface area contributed by atoms with E-state index in [1.165, 1.54) is 0 Å². The summed E-state index contributed by atoms with van der Waals surface area (Å²) in [4.78, 5) is 22.5. The van der Waals surface area contributed by atoms with E-state index < -0.39 is 11.4 Å². The zero-order valence-electron chi connectivity index (χ0n) is 12.6. The molecule has 0 unspecified atom stereocenters. The number of urea groups is 1. The Morgan fingerprint density at radius 1 is 1.29 bits per heavy atom. The second kappa shape index (κ2) is 7.52. The molecule has 0 aromatic heterocycles. The Hall–Kier alpha value is -2.24. The highest BCUT2D eigenvalue weighted by Gasteiger charge is 2.27. The lowest BCUT2D eigenvalue weighted by Crippen LogP contribution is -2.43. The summed E-state index contributed by atoms with van der Waals surface area (Å²) in [5.41, 5.74) is 0.0740. The van der Waals surface area contributed by atoms with Crippen LogP contribution in [0.15, 0.2) is 24.3 Å². The van der Waals surface area contributed by atoms with Crippen molar-refractivity contribution in [3.05, 3.63) is 29.8 Å². The number of carbonyl (C=O) groups is 2. The van der Waals surface area contributed by atoms with E-state index in [0.717, 1.165) is 11.3 Å².